The highest BCUT2D eigenvalue weighted by atomic mass is 79.9. The van der Waals surface area contributed by atoms with Crippen LogP contribution in [0.1, 0.15) is 33.9 Å². The average Bonchev–Trinajstić information content (AvgIpc) is 2.78. The lowest BCUT2D eigenvalue weighted by molar-refractivity contribution is -0.143. The molecule has 3 aromatic rings. The van der Waals surface area contributed by atoms with E-state index in [0.717, 1.165) is 10.0 Å². The molecule has 0 bridgehead atoms. The molecule has 32 heavy (non-hydrogen) atoms. The highest BCUT2D eigenvalue weighted by Gasteiger charge is 2.24. The lowest BCUT2D eigenvalue weighted by Crippen LogP contribution is -2.31. The standard InChI is InChI=1S/C24H22BrNO5S/c1-17-7-13-21(14-8-17)32(29,30)26-22(18-5-3-2-4-6-18)15-24(28)31-16-23(27)19-9-11-20(25)12-10-19/h2-14,22,26H,15-16H2,1H3/t22-/m0/s1. The number of hydrogen-bond acceptors (Lipinski definition) is 5. The molecular weight excluding hydrogens is 494 g/mol. The fourth-order valence-corrected chi connectivity index (χ4v) is 4.47. The molecule has 1 atom stereocenters. The van der Waals surface area contributed by atoms with E-state index in [1.54, 1.807) is 66.7 Å². The van der Waals surface area contributed by atoms with E-state index < -0.39 is 28.6 Å². The van der Waals surface area contributed by atoms with Crippen molar-refractivity contribution < 1.29 is 22.7 Å². The Morgan fingerprint density at radius 1 is 0.938 bits per heavy atom. The fourth-order valence-electron chi connectivity index (χ4n) is 2.98. The molecule has 0 spiro atoms. The number of esters is 1. The van der Waals surface area contributed by atoms with Gasteiger partial charge in [-0.05, 0) is 36.8 Å². The highest BCUT2D eigenvalue weighted by Crippen LogP contribution is 2.21. The summed E-state index contributed by atoms with van der Waals surface area (Å²) in [6.07, 6.45) is -0.261. The number of Topliss-reactive ketones (excluding diaryl/α,β-unsaturated/α-hetero) is 1. The number of aryl methyl sites for hydroxylation is 1. The summed E-state index contributed by atoms with van der Waals surface area (Å²) in [6.45, 7) is 1.44. The maximum atomic E-state index is 12.9. The molecule has 0 aliphatic carbocycles. The Morgan fingerprint density at radius 2 is 1.56 bits per heavy atom. The van der Waals surface area contributed by atoms with Crippen molar-refractivity contribution in [1.29, 1.82) is 0 Å². The zero-order chi connectivity index (χ0) is 23.1. The highest BCUT2D eigenvalue weighted by molar-refractivity contribution is 9.10. The minimum atomic E-state index is -3.88. The summed E-state index contributed by atoms with van der Waals surface area (Å²) >= 11 is 3.30. The van der Waals surface area contributed by atoms with Crippen LogP contribution in [0.3, 0.4) is 0 Å². The predicted molar refractivity (Wildman–Crippen MR) is 125 cm³/mol. The smallest absolute Gasteiger partial charge is 0.308 e. The predicted octanol–water partition coefficient (Wildman–Crippen LogP) is 4.59. The van der Waals surface area contributed by atoms with Crippen LogP contribution in [0, 0.1) is 6.92 Å². The zero-order valence-electron chi connectivity index (χ0n) is 17.3. The van der Waals surface area contributed by atoms with Crippen LogP contribution in [0.2, 0.25) is 0 Å². The summed E-state index contributed by atoms with van der Waals surface area (Å²) in [5, 5.41) is 0. The van der Waals surface area contributed by atoms with Gasteiger partial charge in [-0.2, -0.15) is 0 Å². The third kappa shape index (κ3) is 6.59. The SMILES string of the molecule is Cc1ccc(S(=O)(=O)N[C@@H](CC(=O)OCC(=O)c2ccc(Br)cc2)c2ccccc2)cc1. The van der Waals surface area contributed by atoms with E-state index in [4.69, 9.17) is 4.74 Å². The van der Waals surface area contributed by atoms with E-state index in [9.17, 15) is 18.0 Å². The van der Waals surface area contributed by atoms with Crippen molar-refractivity contribution in [3.05, 3.63) is 100 Å². The van der Waals surface area contributed by atoms with Crippen LogP contribution in [0.25, 0.3) is 0 Å². The fraction of sp³-hybridized carbons (Fsp3) is 0.167. The molecule has 0 heterocycles. The molecule has 1 N–H and O–H groups in total. The van der Waals surface area contributed by atoms with Crippen LogP contribution in [0.4, 0.5) is 0 Å². The third-order valence-electron chi connectivity index (χ3n) is 4.73. The molecule has 0 saturated heterocycles. The van der Waals surface area contributed by atoms with Gasteiger partial charge in [0.15, 0.2) is 12.4 Å². The summed E-state index contributed by atoms with van der Waals surface area (Å²) < 4.78 is 34.3. The van der Waals surface area contributed by atoms with Crippen LogP contribution < -0.4 is 4.72 Å². The Bertz CT molecular complexity index is 1180. The number of hydrogen-bond donors (Lipinski definition) is 1. The van der Waals surface area contributed by atoms with Crippen molar-refractivity contribution >= 4 is 37.7 Å². The molecule has 0 fully saturated rings. The van der Waals surface area contributed by atoms with Gasteiger partial charge in [-0.1, -0.05) is 76.1 Å². The van der Waals surface area contributed by atoms with Crippen molar-refractivity contribution in [2.45, 2.75) is 24.3 Å². The van der Waals surface area contributed by atoms with Crippen molar-refractivity contribution in [3.63, 3.8) is 0 Å². The van der Waals surface area contributed by atoms with E-state index in [1.165, 1.54) is 12.1 Å². The number of ketones is 1. The zero-order valence-corrected chi connectivity index (χ0v) is 19.7. The van der Waals surface area contributed by atoms with Gasteiger partial charge in [-0.15, -0.1) is 0 Å². The monoisotopic (exact) mass is 515 g/mol. The van der Waals surface area contributed by atoms with Crippen LogP contribution in [0.15, 0.2) is 88.2 Å². The lowest BCUT2D eigenvalue weighted by Gasteiger charge is -2.19. The quantitative estimate of drug-likeness (QED) is 0.332. The molecule has 0 unspecified atom stereocenters. The first-order chi connectivity index (χ1) is 15.2. The lowest BCUT2D eigenvalue weighted by atomic mass is 10.1. The van der Waals surface area contributed by atoms with Gasteiger partial charge < -0.3 is 4.74 Å². The van der Waals surface area contributed by atoms with Gasteiger partial charge in [0.1, 0.15) is 0 Å². The maximum Gasteiger partial charge on any atom is 0.308 e. The summed E-state index contributed by atoms with van der Waals surface area (Å²) in [5.41, 5.74) is 1.96. The molecule has 0 saturated carbocycles. The second-order valence-corrected chi connectivity index (χ2v) is 9.82. The van der Waals surface area contributed by atoms with Gasteiger partial charge in [0, 0.05) is 10.0 Å². The minimum absolute atomic E-state index is 0.0998. The van der Waals surface area contributed by atoms with Gasteiger partial charge in [-0.3, -0.25) is 9.59 Å². The molecule has 6 nitrogen and oxygen atoms in total. The average molecular weight is 516 g/mol. The molecule has 0 aliphatic heterocycles. The number of sulfonamides is 1. The summed E-state index contributed by atoms with van der Waals surface area (Å²) in [7, 11) is -3.88. The number of halogens is 1. The van der Waals surface area contributed by atoms with Gasteiger partial charge in [-0.25, -0.2) is 13.1 Å². The number of ether oxygens (including phenoxy) is 1. The van der Waals surface area contributed by atoms with E-state index in [0.29, 0.717) is 11.1 Å². The number of benzene rings is 3. The Kier molecular flexibility index (Phi) is 7.95. The molecule has 3 rings (SSSR count). The van der Waals surface area contributed by atoms with Crippen molar-refractivity contribution in [2.75, 3.05) is 6.61 Å². The molecule has 0 amide bonds. The number of rotatable bonds is 9. The van der Waals surface area contributed by atoms with E-state index in [-0.39, 0.29) is 17.1 Å². The van der Waals surface area contributed by atoms with E-state index >= 15 is 0 Å². The van der Waals surface area contributed by atoms with Gasteiger partial charge in [0.05, 0.1) is 17.4 Å². The second-order valence-electron chi connectivity index (χ2n) is 7.19. The Morgan fingerprint density at radius 3 is 2.19 bits per heavy atom. The van der Waals surface area contributed by atoms with Crippen LogP contribution in [0.5, 0.6) is 0 Å². The normalized spacial score (nSPS) is 12.2. The first kappa shape index (κ1) is 23.8. The number of nitrogens with one attached hydrogen (secondary N) is 1. The Balaban J connectivity index is 1.70. The molecule has 0 radical (unpaired) electrons. The van der Waals surface area contributed by atoms with Crippen LogP contribution in [-0.2, 0) is 19.6 Å². The Labute approximate surface area is 195 Å². The molecule has 8 heteroatoms. The van der Waals surface area contributed by atoms with E-state index in [1.807, 2.05) is 6.92 Å². The van der Waals surface area contributed by atoms with Gasteiger partial charge in [0.2, 0.25) is 10.0 Å². The summed E-state index contributed by atoms with van der Waals surface area (Å²) in [4.78, 5) is 24.8. The summed E-state index contributed by atoms with van der Waals surface area (Å²) in [6, 6.07) is 21.0. The van der Waals surface area contributed by atoms with Crippen LogP contribution >= 0.6 is 15.9 Å². The van der Waals surface area contributed by atoms with Crippen molar-refractivity contribution in [2.24, 2.45) is 0 Å². The van der Waals surface area contributed by atoms with Crippen LogP contribution in [-0.4, -0.2) is 26.8 Å². The maximum absolute atomic E-state index is 12.9. The topological polar surface area (TPSA) is 89.5 Å². The number of carbonyl (C=O) groups excluding carboxylic acids is 2. The van der Waals surface area contributed by atoms with Crippen molar-refractivity contribution in [3.8, 4) is 0 Å². The van der Waals surface area contributed by atoms with Gasteiger partial charge in [0.25, 0.3) is 0 Å². The summed E-state index contributed by atoms with van der Waals surface area (Å²) in [5.74, 6) is -1.03. The molecular formula is C24H22BrNO5S. The molecule has 3 aromatic carbocycles. The largest absolute Gasteiger partial charge is 0.457 e. The van der Waals surface area contributed by atoms with E-state index in [2.05, 4.69) is 20.7 Å². The van der Waals surface area contributed by atoms with Gasteiger partial charge >= 0.3 is 5.97 Å². The first-order valence-corrected chi connectivity index (χ1v) is 12.1. The Hall–Kier alpha value is -2.81. The first-order valence-electron chi connectivity index (χ1n) is 9.83. The minimum Gasteiger partial charge on any atom is -0.457 e. The molecule has 0 aromatic heterocycles. The molecule has 0 aliphatic rings. The molecule has 166 valence electrons. The number of carbonyl (C=O) groups is 2. The second kappa shape index (κ2) is 10.7. The van der Waals surface area contributed by atoms with Crippen molar-refractivity contribution in [1.82, 2.24) is 4.72 Å². The third-order valence-corrected chi connectivity index (χ3v) is 6.75.